The summed E-state index contributed by atoms with van der Waals surface area (Å²) in [5.41, 5.74) is 9.74. The van der Waals surface area contributed by atoms with Crippen molar-refractivity contribution in [1.29, 1.82) is 5.26 Å². The predicted octanol–water partition coefficient (Wildman–Crippen LogP) is 3.34. The zero-order valence-electron chi connectivity index (χ0n) is 17.1. The van der Waals surface area contributed by atoms with E-state index < -0.39 is 0 Å². The number of thiophene rings is 1. The standard InChI is InChI=1S/C23H26N6S/c24-13-16-5-7-17(8-6-16)14-28-9-11-29(12-10-28)15-20-26-22(25)21-18-3-1-2-4-19(18)30-23(21)27-20/h5-8H,1-4,9-12,14-15H2,(H2,25,26,27). The fourth-order valence-electron chi connectivity index (χ4n) is 4.55. The zero-order valence-corrected chi connectivity index (χ0v) is 17.9. The minimum Gasteiger partial charge on any atom is -0.383 e. The fourth-order valence-corrected chi connectivity index (χ4v) is 5.84. The van der Waals surface area contributed by atoms with E-state index in [0.717, 1.165) is 68.2 Å². The Balaban J connectivity index is 1.22. The molecule has 1 aromatic carbocycles. The molecule has 2 aromatic heterocycles. The third kappa shape index (κ3) is 3.91. The van der Waals surface area contributed by atoms with Gasteiger partial charge in [0, 0.05) is 37.6 Å². The molecule has 3 heterocycles. The first-order chi connectivity index (χ1) is 14.7. The Morgan fingerprint density at radius 2 is 1.67 bits per heavy atom. The summed E-state index contributed by atoms with van der Waals surface area (Å²) in [6.07, 6.45) is 4.79. The van der Waals surface area contributed by atoms with Crippen LogP contribution < -0.4 is 5.73 Å². The zero-order chi connectivity index (χ0) is 20.5. The normalized spacial score (nSPS) is 17.7. The van der Waals surface area contributed by atoms with Gasteiger partial charge in [-0.15, -0.1) is 11.3 Å². The minimum atomic E-state index is 0.661. The highest BCUT2D eigenvalue weighted by Crippen LogP contribution is 2.37. The number of aromatic nitrogens is 2. The molecule has 0 amide bonds. The quantitative estimate of drug-likeness (QED) is 0.700. The number of hydrogen-bond acceptors (Lipinski definition) is 7. The Bertz CT molecular complexity index is 1090. The third-order valence-corrected chi connectivity index (χ3v) is 7.39. The summed E-state index contributed by atoms with van der Waals surface area (Å²) >= 11 is 1.82. The molecule has 0 spiro atoms. The highest BCUT2D eigenvalue weighted by atomic mass is 32.1. The number of piperazine rings is 1. The second-order valence-corrected chi connectivity index (χ2v) is 9.36. The molecule has 0 saturated carbocycles. The molecule has 1 aliphatic carbocycles. The maximum atomic E-state index is 8.94. The Hall–Kier alpha value is -2.53. The predicted molar refractivity (Wildman–Crippen MR) is 120 cm³/mol. The van der Waals surface area contributed by atoms with Crippen LogP contribution >= 0.6 is 11.3 Å². The first kappa shape index (κ1) is 19.4. The third-order valence-electron chi connectivity index (χ3n) is 6.21. The Labute approximate surface area is 181 Å². The molecule has 0 radical (unpaired) electrons. The molecule has 6 nitrogen and oxygen atoms in total. The van der Waals surface area contributed by atoms with E-state index in [2.05, 4.69) is 33.0 Å². The number of hydrogen-bond donors (Lipinski definition) is 1. The second kappa shape index (κ2) is 8.31. The fraction of sp³-hybridized carbons (Fsp3) is 0.435. The number of anilines is 1. The van der Waals surface area contributed by atoms with Gasteiger partial charge in [0.25, 0.3) is 0 Å². The molecular formula is C23H26N6S. The highest BCUT2D eigenvalue weighted by molar-refractivity contribution is 7.19. The van der Waals surface area contributed by atoms with Crippen LogP contribution in [0.4, 0.5) is 5.82 Å². The van der Waals surface area contributed by atoms with Crippen LogP contribution in [0.2, 0.25) is 0 Å². The van der Waals surface area contributed by atoms with Crippen molar-refractivity contribution in [2.24, 2.45) is 0 Å². The van der Waals surface area contributed by atoms with Crippen molar-refractivity contribution in [3.8, 4) is 6.07 Å². The lowest BCUT2D eigenvalue weighted by molar-refractivity contribution is 0.120. The van der Waals surface area contributed by atoms with Gasteiger partial charge in [-0.2, -0.15) is 5.26 Å². The van der Waals surface area contributed by atoms with Crippen molar-refractivity contribution in [2.75, 3.05) is 31.9 Å². The summed E-state index contributed by atoms with van der Waals surface area (Å²) in [4.78, 5) is 17.0. The summed E-state index contributed by atoms with van der Waals surface area (Å²) in [6.45, 7) is 5.72. The lowest BCUT2D eigenvalue weighted by Crippen LogP contribution is -2.45. The molecular weight excluding hydrogens is 392 g/mol. The molecule has 2 aliphatic rings. The van der Waals surface area contributed by atoms with E-state index in [1.807, 2.05) is 23.5 Å². The van der Waals surface area contributed by atoms with E-state index in [-0.39, 0.29) is 0 Å². The van der Waals surface area contributed by atoms with Crippen molar-refractivity contribution in [2.45, 2.75) is 38.8 Å². The number of fused-ring (bicyclic) bond motifs is 3. The maximum absolute atomic E-state index is 8.94. The van der Waals surface area contributed by atoms with Crippen LogP contribution in [0.1, 0.15) is 40.2 Å². The van der Waals surface area contributed by atoms with Crippen molar-refractivity contribution in [1.82, 2.24) is 19.8 Å². The van der Waals surface area contributed by atoms with Crippen molar-refractivity contribution >= 4 is 27.4 Å². The first-order valence-electron chi connectivity index (χ1n) is 10.7. The molecule has 3 aromatic rings. The van der Waals surface area contributed by atoms with Crippen LogP contribution in [0.15, 0.2) is 24.3 Å². The summed E-state index contributed by atoms with van der Waals surface area (Å²) in [7, 11) is 0. The SMILES string of the molecule is N#Cc1ccc(CN2CCN(Cc3nc(N)c4c5c(sc4n3)CCCC5)CC2)cc1. The van der Waals surface area contributed by atoms with Gasteiger partial charge in [0.15, 0.2) is 0 Å². The molecule has 0 unspecified atom stereocenters. The molecule has 154 valence electrons. The van der Waals surface area contributed by atoms with Gasteiger partial charge in [-0.3, -0.25) is 9.80 Å². The van der Waals surface area contributed by atoms with Gasteiger partial charge in [0.05, 0.1) is 23.6 Å². The molecule has 7 heteroatoms. The smallest absolute Gasteiger partial charge is 0.146 e. The number of nitrogens with two attached hydrogens (primary N) is 1. The molecule has 0 bridgehead atoms. The lowest BCUT2D eigenvalue weighted by atomic mass is 9.97. The average molecular weight is 419 g/mol. The lowest BCUT2D eigenvalue weighted by Gasteiger charge is -2.34. The van der Waals surface area contributed by atoms with Gasteiger partial charge in [0.2, 0.25) is 0 Å². The Morgan fingerprint density at radius 1 is 0.967 bits per heavy atom. The summed E-state index contributed by atoms with van der Waals surface area (Å²) in [5, 5.41) is 10.1. The summed E-state index contributed by atoms with van der Waals surface area (Å²) in [5.74, 6) is 1.51. The molecule has 1 aliphatic heterocycles. The monoisotopic (exact) mass is 418 g/mol. The van der Waals surface area contributed by atoms with Gasteiger partial charge >= 0.3 is 0 Å². The van der Waals surface area contributed by atoms with Crippen molar-refractivity contribution < 1.29 is 0 Å². The van der Waals surface area contributed by atoms with Crippen LogP contribution in [-0.2, 0) is 25.9 Å². The average Bonchev–Trinajstić information content (AvgIpc) is 3.14. The number of nitrogen functional groups attached to an aromatic ring is 1. The number of aryl methyl sites for hydroxylation is 2. The van der Waals surface area contributed by atoms with Gasteiger partial charge in [-0.25, -0.2) is 9.97 Å². The Kier molecular flexibility index (Phi) is 5.38. The Morgan fingerprint density at radius 3 is 2.40 bits per heavy atom. The van der Waals surface area contributed by atoms with E-state index in [1.165, 1.54) is 28.8 Å². The number of benzene rings is 1. The van der Waals surface area contributed by atoms with Gasteiger partial charge in [-0.1, -0.05) is 12.1 Å². The molecule has 0 atom stereocenters. The van der Waals surface area contributed by atoms with Crippen LogP contribution in [0, 0.1) is 11.3 Å². The molecule has 5 rings (SSSR count). The van der Waals surface area contributed by atoms with E-state index in [0.29, 0.717) is 11.4 Å². The number of nitrogens with zero attached hydrogens (tertiary/aromatic N) is 5. The van der Waals surface area contributed by atoms with Crippen LogP contribution in [0.25, 0.3) is 10.2 Å². The highest BCUT2D eigenvalue weighted by Gasteiger charge is 2.22. The molecule has 1 fully saturated rings. The number of nitriles is 1. The van der Waals surface area contributed by atoms with Crippen LogP contribution in [0.3, 0.4) is 0 Å². The molecule has 2 N–H and O–H groups in total. The van der Waals surface area contributed by atoms with E-state index in [4.69, 9.17) is 16.0 Å². The van der Waals surface area contributed by atoms with Gasteiger partial charge in [0.1, 0.15) is 16.5 Å². The van der Waals surface area contributed by atoms with E-state index in [1.54, 1.807) is 0 Å². The van der Waals surface area contributed by atoms with Gasteiger partial charge in [-0.05, 0) is 48.9 Å². The van der Waals surface area contributed by atoms with E-state index in [9.17, 15) is 0 Å². The maximum Gasteiger partial charge on any atom is 0.146 e. The molecule has 1 saturated heterocycles. The minimum absolute atomic E-state index is 0.661. The number of rotatable bonds is 4. The van der Waals surface area contributed by atoms with E-state index >= 15 is 0 Å². The topological polar surface area (TPSA) is 82.1 Å². The summed E-state index contributed by atoms with van der Waals surface area (Å²) < 4.78 is 0. The largest absolute Gasteiger partial charge is 0.383 e. The van der Waals surface area contributed by atoms with Crippen LogP contribution in [-0.4, -0.2) is 45.9 Å². The first-order valence-corrected chi connectivity index (χ1v) is 11.5. The summed E-state index contributed by atoms with van der Waals surface area (Å²) in [6, 6.07) is 10.1. The second-order valence-electron chi connectivity index (χ2n) is 8.28. The van der Waals surface area contributed by atoms with Crippen LogP contribution in [0.5, 0.6) is 0 Å². The van der Waals surface area contributed by atoms with Gasteiger partial charge < -0.3 is 5.73 Å². The molecule has 30 heavy (non-hydrogen) atoms. The van der Waals surface area contributed by atoms with Crippen molar-refractivity contribution in [3.05, 3.63) is 51.7 Å². The van der Waals surface area contributed by atoms with Crippen molar-refractivity contribution in [3.63, 3.8) is 0 Å².